The molecule has 2 N–H and O–H groups in total. The molecule has 12 nitrogen and oxygen atoms in total. The van der Waals surface area contributed by atoms with E-state index in [4.69, 9.17) is 9.72 Å². The van der Waals surface area contributed by atoms with Gasteiger partial charge in [0.25, 0.3) is 5.91 Å². The molecule has 2 saturated heterocycles. The molecule has 0 bridgehead atoms. The normalized spacial score (nSPS) is 16.5. The van der Waals surface area contributed by atoms with Crippen molar-refractivity contribution in [2.24, 2.45) is 5.41 Å². The molecule has 3 aliphatic heterocycles. The van der Waals surface area contributed by atoms with Crippen molar-refractivity contribution in [1.29, 1.82) is 0 Å². The minimum Gasteiger partial charge on any atom is -0.494 e. The number of halogens is 1. The minimum absolute atomic E-state index is 0.170. The summed E-state index contributed by atoms with van der Waals surface area (Å²) in [5.74, 6) is 8.15. The number of aldehydes is 2. The number of aryl methyl sites for hydroxylation is 1. The van der Waals surface area contributed by atoms with Gasteiger partial charge in [-0.15, -0.1) is 0 Å². The zero-order valence-corrected chi connectivity index (χ0v) is 40.1. The molecule has 14 heteroatoms. The molecule has 1 atom stereocenters. The average molecular weight is 959 g/mol. The maximum absolute atomic E-state index is 13.6. The number of hydrogen-bond donors (Lipinski definition) is 2. The van der Waals surface area contributed by atoms with Crippen molar-refractivity contribution < 1.29 is 23.7 Å². The number of hydrogen-bond acceptors (Lipinski definition) is 11. The van der Waals surface area contributed by atoms with Crippen LogP contribution in [0.1, 0.15) is 78.4 Å². The molecule has 3 aliphatic rings. The van der Waals surface area contributed by atoms with E-state index >= 15 is 0 Å². The topological polar surface area (TPSA) is 137 Å². The number of nitrogens with one attached hydrogen (secondary N) is 2. The van der Waals surface area contributed by atoms with Crippen molar-refractivity contribution >= 4 is 86.5 Å². The van der Waals surface area contributed by atoms with Gasteiger partial charge in [-0.2, -0.15) is 4.98 Å². The number of carbonyl (C=O) groups excluding carboxylic acids is 3. The SMILES string of the molecule is COc1cc(N2CCC3(CCN(CCCC#Cc4cccc5c4CN(C(C=O)CCC=O)C5=O)CC3)CC2)c(C)cc1Nc1ncc(Br)c(Nc2ccc3ccccc3c2P(C)(C)=O)n1. The van der Waals surface area contributed by atoms with Crippen LogP contribution in [-0.4, -0.2) is 97.5 Å². The second-order valence-corrected chi connectivity index (χ2v) is 22.0. The standard InChI is InChI=1S/C51H57BrN7O5P/c1-35-30-44(55-50-53-32-42(52)48(56-50)54-43-19-18-37-13-7-8-16-39(37)47(43)65(3,4)63)46(64-2)31-45(35)58-27-22-51(23-28-58)20-25-57(26-21-51)24-9-5-6-12-36-14-10-17-40-41(36)33-59(49(40)62)38(34-61)15-11-29-60/h7-8,10,13-14,16-19,29-32,34,38H,5,9,11,15,20-28,33H2,1-4H3,(H2,53,54,55,56). The van der Waals surface area contributed by atoms with Crippen molar-refractivity contribution in [3.8, 4) is 17.6 Å². The summed E-state index contributed by atoms with van der Waals surface area (Å²) in [4.78, 5) is 51.7. The van der Waals surface area contributed by atoms with Crippen molar-refractivity contribution in [3.05, 3.63) is 99.7 Å². The van der Waals surface area contributed by atoms with E-state index in [0.29, 0.717) is 45.9 Å². The number of carbonyl (C=O) groups is 3. The third-order valence-corrected chi connectivity index (χ3v) is 15.6. The summed E-state index contributed by atoms with van der Waals surface area (Å²) in [5.41, 5.74) is 6.51. The van der Waals surface area contributed by atoms with E-state index in [2.05, 4.69) is 72.2 Å². The van der Waals surface area contributed by atoms with Gasteiger partial charge < -0.3 is 44.2 Å². The molecule has 0 saturated carbocycles. The molecule has 2 fully saturated rings. The Bertz CT molecular complexity index is 2710. The number of likely N-dealkylation sites (tertiary alicyclic amines) is 1. The Hall–Kier alpha value is -5.54. The summed E-state index contributed by atoms with van der Waals surface area (Å²) >= 11 is 3.62. The highest BCUT2D eigenvalue weighted by molar-refractivity contribution is 9.10. The van der Waals surface area contributed by atoms with Crippen molar-refractivity contribution in [3.63, 3.8) is 0 Å². The van der Waals surface area contributed by atoms with Gasteiger partial charge in [0.1, 0.15) is 31.3 Å². The van der Waals surface area contributed by atoms with Gasteiger partial charge in [-0.1, -0.05) is 48.2 Å². The van der Waals surface area contributed by atoms with Crippen LogP contribution < -0.4 is 25.6 Å². The van der Waals surface area contributed by atoms with E-state index in [-0.39, 0.29) is 12.3 Å². The first-order valence-corrected chi connectivity index (χ1v) is 25.9. The fourth-order valence-corrected chi connectivity index (χ4v) is 11.6. The maximum Gasteiger partial charge on any atom is 0.255 e. The number of fused-ring (bicyclic) bond motifs is 2. The highest BCUT2D eigenvalue weighted by Crippen LogP contribution is 2.45. The van der Waals surface area contributed by atoms with Crippen LogP contribution in [0.2, 0.25) is 0 Å². The number of anilines is 5. The lowest BCUT2D eigenvalue weighted by molar-refractivity contribution is -0.112. The molecule has 0 aliphatic carbocycles. The first-order chi connectivity index (χ1) is 31.4. The molecule has 5 aromatic rings. The first-order valence-electron chi connectivity index (χ1n) is 22.5. The highest BCUT2D eigenvalue weighted by atomic mass is 79.9. The second kappa shape index (κ2) is 19.9. The quantitative estimate of drug-likeness (QED) is 0.0450. The second-order valence-electron chi connectivity index (χ2n) is 18.0. The lowest BCUT2D eigenvalue weighted by atomic mass is 9.71. The Labute approximate surface area is 390 Å². The van der Waals surface area contributed by atoms with E-state index in [1.807, 2.05) is 48.5 Å². The molecule has 1 amide bonds. The van der Waals surface area contributed by atoms with E-state index in [9.17, 15) is 18.9 Å². The van der Waals surface area contributed by atoms with Crippen LogP contribution in [0.4, 0.5) is 28.8 Å². The fraction of sp³-hybridized carbons (Fsp3) is 0.392. The number of unbranched alkanes of at least 4 members (excludes halogenated alkanes) is 1. The Morgan fingerprint density at radius 3 is 2.48 bits per heavy atom. The van der Waals surface area contributed by atoms with Crippen molar-refractivity contribution in [1.82, 2.24) is 19.8 Å². The predicted octanol–water partition coefficient (Wildman–Crippen LogP) is 9.46. The van der Waals surface area contributed by atoms with Crippen molar-refractivity contribution in [2.45, 2.75) is 70.9 Å². The van der Waals surface area contributed by atoms with Crippen LogP contribution in [0.3, 0.4) is 0 Å². The molecular formula is C51H57BrN7O5P. The molecule has 65 heavy (non-hydrogen) atoms. The molecule has 8 rings (SSSR count). The highest BCUT2D eigenvalue weighted by Gasteiger charge is 2.38. The lowest BCUT2D eigenvalue weighted by Gasteiger charge is -2.47. The van der Waals surface area contributed by atoms with Crippen molar-refractivity contribution in [2.75, 3.05) is 68.7 Å². The van der Waals surface area contributed by atoms with Crippen LogP contribution in [0.25, 0.3) is 10.8 Å². The van der Waals surface area contributed by atoms with Crippen LogP contribution in [0.5, 0.6) is 5.75 Å². The van der Waals surface area contributed by atoms with Crippen LogP contribution >= 0.6 is 23.1 Å². The van der Waals surface area contributed by atoms with Crippen LogP contribution in [-0.2, 0) is 20.7 Å². The molecule has 1 unspecified atom stereocenters. The third-order valence-electron chi connectivity index (χ3n) is 13.4. The average Bonchev–Trinajstić information content (AvgIpc) is 3.64. The monoisotopic (exact) mass is 957 g/mol. The number of benzene rings is 4. The number of rotatable bonds is 15. The van der Waals surface area contributed by atoms with Gasteiger partial charge in [-0.05, 0) is 146 Å². The van der Waals surface area contributed by atoms with Gasteiger partial charge in [0.2, 0.25) is 5.95 Å². The van der Waals surface area contributed by atoms with Crippen LogP contribution in [0, 0.1) is 24.2 Å². The zero-order valence-electron chi connectivity index (χ0n) is 37.7. The molecule has 338 valence electrons. The first kappa shape index (κ1) is 46.0. The molecule has 1 aromatic heterocycles. The Kier molecular flexibility index (Phi) is 14.1. The Balaban J connectivity index is 0.837. The van der Waals surface area contributed by atoms with Crippen LogP contribution in [0.15, 0.2) is 77.4 Å². The summed E-state index contributed by atoms with van der Waals surface area (Å²) < 4.78 is 20.2. The summed E-state index contributed by atoms with van der Waals surface area (Å²) in [5, 5.41) is 9.62. The van der Waals surface area contributed by atoms with E-state index in [1.165, 1.54) is 18.5 Å². The van der Waals surface area contributed by atoms with E-state index in [1.54, 1.807) is 37.6 Å². The van der Waals surface area contributed by atoms with Gasteiger partial charge in [0, 0.05) is 66.9 Å². The summed E-state index contributed by atoms with van der Waals surface area (Å²) in [6.45, 7) is 11.3. The summed E-state index contributed by atoms with van der Waals surface area (Å²) in [6, 6.07) is 21.2. The fourth-order valence-electron chi connectivity index (χ4n) is 9.78. The third kappa shape index (κ3) is 10.2. The number of aromatic nitrogens is 2. The van der Waals surface area contributed by atoms with E-state index in [0.717, 1.165) is 115 Å². The van der Waals surface area contributed by atoms with Gasteiger partial charge in [0.05, 0.1) is 29.0 Å². The summed E-state index contributed by atoms with van der Waals surface area (Å²) in [7, 11) is -0.981. The summed E-state index contributed by atoms with van der Waals surface area (Å²) in [6.07, 6.45) is 10.3. The smallest absolute Gasteiger partial charge is 0.255 e. The van der Waals surface area contributed by atoms with Gasteiger partial charge in [0.15, 0.2) is 0 Å². The Morgan fingerprint density at radius 2 is 1.74 bits per heavy atom. The molecule has 0 radical (unpaired) electrons. The molecular weight excluding hydrogens is 901 g/mol. The molecule has 1 spiro atoms. The number of piperidine rings is 2. The minimum atomic E-state index is -2.67. The largest absolute Gasteiger partial charge is 0.494 e. The number of ether oxygens (including phenoxy) is 1. The number of amides is 1. The maximum atomic E-state index is 13.6. The lowest BCUT2D eigenvalue weighted by Crippen LogP contribution is -2.47. The Morgan fingerprint density at radius 1 is 0.969 bits per heavy atom. The zero-order chi connectivity index (χ0) is 45.7. The van der Waals surface area contributed by atoms with Gasteiger partial charge in [-0.3, -0.25) is 4.79 Å². The van der Waals surface area contributed by atoms with E-state index < -0.39 is 13.2 Å². The predicted molar refractivity (Wildman–Crippen MR) is 264 cm³/mol. The number of methoxy groups -OCH3 is 1. The molecule has 4 aromatic carbocycles. The van der Waals surface area contributed by atoms with Gasteiger partial charge >= 0.3 is 0 Å². The molecule has 4 heterocycles. The van der Waals surface area contributed by atoms with Gasteiger partial charge in [-0.25, -0.2) is 4.98 Å². The number of nitrogens with zero attached hydrogens (tertiary/aromatic N) is 5.